The first kappa shape index (κ1) is 21.9. The van der Waals surface area contributed by atoms with Gasteiger partial charge in [0.15, 0.2) is 11.6 Å². The van der Waals surface area contributed by atoms with Crippen LogP contribution in [0.5, 0.6) is 5.75 Å². The van der Waals surface area contributed by atoms with E-state index in [1.807, 2.05) is 35.9 Å². The third-order valence-corrected chi connectivity index (χ3v) is 6.27. The number of anilines is 1. The molecule has 3 heterocycles. The zero-order valence-corrected chi connectivity index (χ0v) is 18.7. The minimum Gasteiger partial charge on any atom is -0.494 e. The molecule has 3 amide bonds. The number of aromatic nitrogens is 2. The Morgan fingerprint density at radius 1 is 1.09 bits per heavy atom. The first-order chi connectivity index (χ1) is 16.4. The first-order valence-corrected chi connectivity index (χ1v) is 10.9. The van der Waals surface area contributed by atoms with Crippen molar-refractivity contribution >= 4 is 17.6 Å². The second-order valence-corrected chi connectivity index (χ2v) is 8.40. The maximum absolute atomic E-state index is 13.6. The fraction of sp³-hybridized carbons (Fsp3) is 0.292. The van der Waals surface area contributed by atoms with Crippen LogP contribution in [0.1, 0.15) is 16.1 Å². The Balaban J connectivity index is 1.34. The Hall–Kier alpha value is -3.95. The van der Waals surface area contributed by atoms with Crippen molar-refractivity contribution in [1.29, 1.82) is 0 Å². The standard InChI is InChI=1S/C24H23F2N5O3/c1-15-11-29(14-27-15)21-6-4-17(10-22(21)34-2)31-13-18-12-28(7-8-30(18)24(31)33)23(32)16-3-5-19(25)20(26)9-16/h3-6,9-11,14,18H,7-8,12-13H2,1-2H3. The summed E-state index contributed by atoms with van der Waals surface area (Å²) in [4.78, 5) is 35.2. The molecule has 0 aliphatic carbocycles. The van der Waals surface area contributed by atoms with Gasteiger partial charge in [0.05, 0.1) is 30.9 Å². The van der Waals surface area contributed by atoms with Gasteiger partial charge in [0.2, 0.25) is 0 Å². The molecule has 2 saturated heterocycles. The Morgan fingerprint density at radius 2 is 1.91 bits per heavy atom. The van der Waals surface area contributed by atoms with E-state index in [2.05, 4.69) is 4.98 Å². The molecule has 34 heavy (non-hydrogen) atoms. The normalized spacial score (nSPS) is 17.8. The lowest BCUT2D eigenvalue weighted by Gasteiger charge is -2.36. The summed E-state index contributed by atoms with van der Waals surface area (Å²) in [7, 11) is 1.57. The molecule has 2 aromatic carbocycles. The molecule has 10 heteroatoms. The van der Waals surface area contributed by atoms with E-state index < -0.39 is 11.6 Å². The predicted molar refractivity (Wildman–Crippen MR) is 120 cm³/mol. The van der Waals surface area contributed by atoms with E-state index >= 15 is 0 Å². The molecule has 0 N–H and O–H groups in total. The maximum Gasteiger partial charge on any atom is 0.324 e. The number of carbonyl (C=O) groups excluding carboxylic acids is 2. The molecule has 2 aliphatic rings. The van der Waals surface area contributed by atoms with Gasteiger partial charge in [0, 0.05) is 49.7 Å². The SMILES string of the molecule is COc1cc(N2CC3CN(C(=O)c4ccc(F)c(F)c4)CCN3C2=O)ccc1-n1cnc(C)c1. The van der Waals surface area contributed by atoms with E-state index in [1.54, 1.807) is 28.1 Å². The molecule has 1 atom stereocenters. The van der Waals surface area contributed by atoms with E-state index in [0.29, 0.717) is 37.6 Å². The molecular formula is C24H23F2N5O3. The lowest BCUT2D eigenvalue weighted by Crippen LogP contribution is -2.53. The summed E-state index contributed by atoms with van der Waals surface area (Å²) < 4.78 is 34.3. The molecule has 1 aromatic heterocycles. The average Bonchev–Trinajstić information content (AvgIpc) is 3.42. The molecule has 0 spiro atoms. The van der Waals surface area contributed by atoms with Crippen molar-refractivity contribution in [3.05, 3.63) is 71.8 Å². The lowest BCUT2D eigenvalue weighted by atomic mass is 10.1. The van der Waals surface area contributed by atoms with Crippen LogP contribution < -0.4 is 9.64 Å². The summed E-state index contributed by atoms with van der Waals surface area (Å²) >= 11 is 0. The molecule has 2 fully saturated rings. The van der Waals surface area contributed by atoms with E-state index in [9.17, 15) is 18.4 Å². The molecule has 0 radical (unpaired) electrons. The van der Waals surface area contributed by atoms with Gasteiger partial charge in [0.25, 0.3) is 5.91 Å². The van der Waals surface area contributed by atoms with Gasteiger partial charge in [-0.15, -0.1) is 0 Å². The monoisotopic (exact) mass is 467 g/mol. The number of fused-ring (bicyclic) bond motifs is 1. The van der Waals surface area contributed by atoms with Gasteiger partial charge >= 0.3 is 6.03 Å². The molecule has 0 bridgehead atoms. The van der Waals surface area contributed by atoms with Crippen molar-refractivity contribution in [3.8, 4) is 11.4 Å². The van der Waals surface area contributed by atoms with Crippen LogP contribution in [0.4, 0.5) is 19.3 Å². The highest BCUT2D eigenvalue weighted by Gasteiger charge is 2.42. The molecule has 8 nitrogen and oxygen atoms in total. The largest absolute Gasteiger partial charge is 0.494 e. The number of imidazole rings is 1. The number of nitrogens with zero attached hydrogens (tertiary/aromatic N) is 5. The van der Waals surface area contributed by atoms with Crippen molar-refractivity contribution in [2.45, 2.75) is 13.0 Å². The average molecular weight is 467 g/mol. The van der Waals surface area contributed by atoms with Crippen LogP contribution >= 0.6 is 0 Å². The zero-order chi connectivity index (χ0) is 24.0. The van der Waals surface area contributed by atoms with Gasteiger partial charge in [-0.25, -0.2) is 18.6 Å². The Kier molecular flexibility index (Phi) is 5.43. The summed E-state index contributed by atoms with van der Waals surface area (Å²) in [6.07, 6.45) is 3.59. The number of benzene rings is 2. The van der Waals surface area contributed by atoms with Crippen molar-refractivity contribution < 1.29 is 23.1 Å². The number of hydrogen-bond donors (Lipinski definition) is 0. The van der Waals surface area contributed by atoms with Crippen LogP contribution in [0.15, 0.2) is 48.9 Å². The van der Waals surface area contributed by atoms with E-state index in [-0.39, 0.29) is 23.5 Å². The van der Waals surface area contributed by atoms with Gasteiger partial charge in [0.1, 0.15) is 5.75 Å². The Labute approximate surface area is 195 Å². The van der Waals surface area contributed by atoms with Crippen LogP contribution in [0.2, 0.25) is 0 Å². The Bertz CT molecular complexity index is 1280. The van der Waals surface area contributed by atoms with Gasteiger partial charge < -0.3 is 19.1 Å². The second kappa shape index (κ2) is 8.44. The lowest BCUT2D eigenvalue weighted by molar-refractivity contribution is 0.0616. The highest BCUT2D eigenvalue weighted by atomic mass is 19.2. The number of methoxy groups -OCH3 is 1. The summed E-state index contributed by atoms with van der Waals surface area (Å²) in [5.41, 5.74) is 2.46. The number of rotatable bonds is 4. The number of ether oxygens (including phenoxy) is 1. The van der Waals surface area contributed by atoms with Gasteiger partial charge in [-0.3, -0.25) is 9.69 Å². The number of amides is 3. The first-order valence-electron chi connectivity index (χ1n) is 10.9. The van der Waals surface area contributed by atoms with Crippen LogP contribution in [0.25, 0.3) is 5.69 Å². The molecule has 1 unspecified atom stereocenters. The Morgan fingerprint density at radius 3 is 2.62 bits per heavy atom. The molecule has 2 aliphatic heterocycles. The fourth-order valence-electron chi connectivity index (χ4n) is 4.52. The van der Waals surface area contributed by atoms with E-state index in [4.69, 9.17) is 4.74 Å². The summed E-state index contributed by atoms with van der Waals surface area (Å²) in [6.45, 7) is 3.28. The molecular weight excluding hydrogens is 444 g/mol. The molecule has 3 aromatic rings. The number of aryl methyl sites for hydroxylation is 1. The third-order valence-electron chi connectivity index (χ3n) is 6.27. The van der Waals surface area contributed by atoms with Crippen molar-refractivity contribution in [1.82, 2.24) is 19.4 Å². The van der Waals surface area contributed by atoms with E-state index in [1.165, 1.54) is 6.07 Å². The maximum atomic E-state index is 13.6. The minimum atomic E-state index is -1.06. The van der Waals surface area contributed by atoms with Crippen molar-refractivity contribution in [2.24, 2.45) is 0 Å². The minimum absolute atomic E-state index is 0.0867. The highest BCUT2D eigenvalue weighted by molar-refractivity contribution is 5.97. The third kappa shape index (κ3) is 3.74. The van der Waals surface area contributed by atoms with Gasteiger partial charge in [-0.2, -0.15) is 0 Å². The van der Waals surface area contributed by atoms with Gasteiger partial charge in [-0.05, 0) is 37.3 Å². The van der Waals surface area contributed by atoms with Crippen LogP contribution in [-0.4, -0.2) is 70.6 Å². The molecule has 0 saturated carbocycles. The number of halogens is 2. The van der Waals surface area contributed by atoms with Crippen LogP contribution in [0, 0.1) is 18.6 Å². The summed E-state index contributed by atoms with van der Waals surface area (Å²) in [6, 6.07) is 8.32. The topological polar surface area (TPSA) is 70.9 Å². The smallest absolute Gasteiger partial charge is 0.324 e. The van der Waals surface area contributed by atoms with Gasteiger partial charge in [-0.1, -0.05) is 0 Å². The molecule has 176 valence electrons. The van der Waals surface area contributed by atoms with Crippen molar-refractivity contribution in [2.75, 3.05) is 38.2 Å². The zero-order valence-electron chi connectivity index (χ0n) is 18.7. The molecule has 5 rings (SSSR count). The highest BCUT2D eigenvalue weighted by Crippen LogP contribution is 2.32. The van der Waals surface area contributed by atoms with E-state index in [0.717, 1.165) is 23.5 Å². The number of urea groups is 1. The number of carbonyl (C=O) groups is 2. The fourth-order valence-corrected chi connectivity index (χ4v) is 4.52. The van der Waals surface area contributed by atoms with Crippen LogP contribution in [0.3, 0.4) is 0 Å². The van der Waals surface area contributed by atoms with Crippen LogP contribution in [-0.2, 0) is 0 Å². The number of piperazine rings is 1. The summed E-state index contributed by atoms with van der Waals surface area (Å²) in [5.74, 6) is -1.84. The van der Waals surface area contributed by atoms with Crippen molar-refractivity contribution in [3.63, 3.8) is 0 Å². The predicted octanol–water partition coefficient (Wildman–Crippen LogP) is 3.23. The second-order valence-electron chi connectivity index (χ2n) is 8.40. The quantitative estimate of drug-likeness (QED) is 0.591. The summed E-state index contributed by atoms with van der Waals surface area (Å²) in [5, 5.41) is 0. The number of hydrogen-bond acceptors (Lipinski definition) is 4.